The van der Waals surface area contributed by atoms with Crippen molar-refractivity contribution in [1.29, 1.82) is 0 Å². The molecule has 0 aromatic heterocycles. The first-order valence-electron chi connectivity index (χ1n) is 9.44. The fourth-order valence-electron chi connectivity index (χ4n) is 3.75. The van der Waals surface area contributed by atoms with Crippen molar-refractivity contribution in [2.75, 3.05) is 13.2 Å². The van der Waals surface area contributed by atoms with Crippen molar-refractivity contribution < 1.29 is 14.0 Å². The summed E-state index contributed by atoms with van der Waals surface area (Å²) >= 11 is 0. The third-order valence-corrected chi connectivity index (χ3v) is 6.08. The molecule has 0 atom stereocenters. The van der Waals surface area contributed by atoms with E-state index in [4.69, 9.17) is 14.0 Å². The van der Waals surface area contributed by atoms with E-state index in [1.165, 1.54) is 27.5 Å². The second-order valence-corrected chi connectivity index (χ2v) is 8.38. The first kappa shape index (κ1) is 17.8. The van der Waals surface area contributed by atoms with Crippen molar-refractivity contribution >= 4 is 28.9 Å². The van der Waals surface area contributed by atoms with Gasteiger partial charge in [0.2, 0.25) is 0 Å². The van der Waals surface area contributed by atoms with Crippen LogP contribution in [0.2, 0.25) is 0 Å². The van der Waals surface area contributed by atoms with Crippen LogP contribution in [0.25, 0.3) is 16.3 Å². The van der Waals surface area contributed by atoms with E-state index in [-0.39, 0.29) is 18.3 Å². The Balaban J connectivity index is 1.79. The maximum Gasteiger partial charge on any atom is 0.495 e. The summed E-state index contributed by atoms with van der Waals surface area (Å²) < 4.78 is 18.1. The van der Waals surface area contributed by atoms with Gasteiger partial charge in [-0.3, -0.25) is 0 Å². The average Bonchev–Trinajstić information content (AvgIpc) is 2.82. The molecule has 4 heteroatoms. The number of hydrogen-bond acceptors (Lipinski definition) is 3. The molecule has 2 aromatic carbocycles. The van der Waals surface area contributed by atoms with Gasteiger partial charge in [-0.15, -0.1) is 0 Å². The quantitative estimate of drug-likeness (QED) is 0.758. The summed E-state index contributed by atoms with van der Waals surface area (Å²) in [6, 6.07) is 11.0. The van der Waals surface area contributed by atoms with Gasteiger partial charge in [-0.1, -0.05) is 30.3 Å². The van der Waals surface area contributed by atoms with Gasteiger partial charge in [0.15, 0.2) is 0 Å². The Bertz CT molecular complexity index is 866. The molecule has 4 rings (SSSR count). The van der Waals surface area contributed by atoms with Gasteiger partial charge in [-0.25, -0.2) is 0 Å². The van der Waals surface area contributed by atoms with Gasteiger partial charge in [0.1, 0.15) is 0 Å². The lowest BCUT2D eigenvalue weighted by Gasteiger charge is -2.32. The molecule has 136 valence electrons. The number of aryl methyl sites for hydroxylation is 1. The number of fused-ring (bicyclic) bond motifs is 1. The Morgan fingerprint density at radius 2 is 1.73 bits per heavy atom. The summed E-state index contributed by atoms with van der Waals surface area (Å²) in [5, 5.41) is 2.44. The van der Waals surface area contributed by atoms with E-state index >= 15 is 0 Å². The molecule has 0 saturated carbocycles. The van der Waals surface area contributed by atoms with Crippen LogP contribution in [-0.2, 0) is 14.0 Å². The van der Waals surface area contributed by atoms with E-state index in [2.05, 4.69) is 71.0 Å². The van der Waals surface area contributed by atoms with Crippen LogP contribution in [0.5, 0.6) is 0 Å². The van der Waals surface area contributed by atoms with Crippen LogP contribution in [0.1, 0.15) is 45.2 Å². The molecule has 26 heavy (non-hydrogen) atoms. The van der Waals surface area contributed by atoms with Crippen molar-refractivity contribution in [2.24, 2.45) is 0 Å². The highest BCUT2D eigenvalue weighted by Crippen LogP contribution is 2.37. The Hall–Kier alpha value is -1.62. The number of benzene rings is 2. The highest BCUT2D eigenvalue weighted by atomic mass is 16.7. The molecule has 3 nitrogen and oxygen atoms in total. The maximum absolute atomic E-state index is 6.29. The minimum Gasteiger partial charge on any atom is -0.399 e. The molecular formula is C22H27BO3. The smallest absolute Gasteiger partial charge is 0.399 e. The number of ether oxygens (including phenoxy) is 1. The second-order valence-electron chi connectivity index (χ2n) is 8.38. The fourth-order valence-corrected chi connectivity index (χ4v) is 3.75. The zero-order valence-corrected chi connectivity index (χ0v) is 16.4. The van der Waals surface area contributed by atoms with E-state index in [0.29, 0.717) is 6.61 Å². The van der Waals surface area contributed by atoms with Crippen LogP contribution in [0.3, 0.4) is 0 Å². The topological polar surface area (TPSA) is 27.7 Å². The van der Waals surface area contributed by atoms with E-state index < -0.39 is 0 Å². The van der Waals surface area contributed by atoms with Crippen molar-refractivity contribution in [3.63, 3.8) is 0 Å². The van der Waals surface area contributed by atoms with Gasteiger partial charge in [0, 0.05) is 0 Å². The van der Waals surface area contributed by atoms with Crippen molar-refractivity contribution in [2.45, 2.75) is 52.2 Å². The largest absolute Gasteiger partial charge is 0.495 e. The summed E-state index contributed by atoms with van der Waals surface area (Å²) in [5.41, 5.74) is 4.44. The molecule has 0 amide bonds. The standard InChI is InChI=1S/C22H27BO3/c1-15-13-19-17(14-18(15)16-9-11-24-12-10-16)7-6-8-20(19)23-25-21(2,3)22(4,5)26-23/h6-9,13-14H,10-12H2,1-5H3. The maximum atomic E-state index is 6.29. The second kappa shape index (κ2) is 6.23. The third-order valence-electron chi connectivity index (χ3n) is 6.08. The van der Waals surface area contributed by atoms with E-state index in [0.717, 1.165) is 18.5 Å². The third kappa shape index (κ3) is 2.90. The number of rotatable bonds is 2. The highest BCUT2D eigenvalue weighted by Gasteiger charge is 2.52. The van der Waals surface area contributed by atoms with Crippen LogP contribution in [0, 0.1) is 6.92 Å². The van der Waals surface area contributed by atoms with Gasteiger partial charge in [-0.05, 0) is 80.0 Å². The molecule has 0 unspecified atom stereocenters. The molecule has 2 aliphatic heterocycles. The van der Waals surface area contributed by atoms with Crippen molar-refractivity contribution in [1.82, 2.24) is 0 Å². The predicted molar refractivity (Wildman–Crippen MR) is 108 cm³/mol. The molecule has 1 fully saturated rings. The zero-order chi connectivity index (χ0) is 18.5. The minimum atomic E-state index is -0.337. The average molecular weight is 350 g/mol. The summed E-state index contributed by atoms with van der Waals surface area (Å²) in [4.78, 5) is 0. The fraction of sp³-hybridized carbons (Fsp3) is 0.455. The zero-order valence-electron chi connectivity index (χ0n) is 16.4. The molecule has 1 saturated heterocycles. The van der Waals surface area contributed by atoms with Crippen molar-refractivity contribution in [3.8, 4) is 0 Å². The number of hydrogen-bond donors (Lipinski definition) is 0. The van der Waals surface area contributed by atoms with Crippen LogP contribution in [0.15, 0.2) is 36.4 Å². The Kier molecular flexibility index (Phi) is 4.26. The molecule has 0 bridgehead atoms. The lowest BCUT2D eigenvalue weighted by Crippen LogP contribution is -2.41. The molecule has 0 radical (unpaired) electrons. The minimum absolute atomic E-state index is 0.332. The summed E-state index contributed by atoms with van der Waals surface area (Å²) in [6.07, 6.45) is 3.18. The molecule has 2 heterocycles. The predicted octanol–water partition coefficient (Wildman–Crippen LogP) is 4.25. The molecule has 0 spiro atoms. The van der Waals surface area contributed by atoms with Crippen LogP contribution < -0.4 is 5.46 Å². The van der Waals surface area contributed by atoms with Crippen molar-refractivity contribution in [3.05, 3.63) is 47.5 Å². The Labute approximate surface area is 156 Å². The van der Waals surface area contributed by atoms with Gasteiger partial charge in [-0.2, -0.15) is 0 Å². The summed E-state index contributed by atoms with van der Waals surface area (Å²) in [6.45, 7) is 12.1. The highest BCUT2D eigenvalue weighted by molar-refractivity contribution is 6.65. The first-order valence-corrected chi connectivity index (χ1v) is 9.44. The SMILES string of the molecule is Cc1cc2c(B3OC(C)(C)C(C)(C)O3)cccc2cc1C1=CCOCC1. The molecule has 0 N–H and O–H groups in total. The van der Waals surface area contributed by atoms with E-state index in [1.807, 2.05) is 0 Å². The lowest BCUT2D eigenvalue weighted by molar-refractivity contribution is 0.00578. The first-order chi connectivity index (χ1) is 12.3. The van der Waals surface area contributed by atoms with E-state index in [1.54, 1.807) is 0 Å². The van der Waals surface area contributed by atoms with Gasteiger partial charge in [0.05, 0.1) is 24.4 Å². The molecular weight excluding hydrogens is 323 g/mol. The van der Waals surface area contributed by atoms with Gasteiger partial charge >= 0.3 is 7.12 Å². The van der Waals surface area contributed by atoms with Crippen LogP contribution in [0.4, 0.5) is 0 Å². The molecule has 2 aromatic rings. The van der Waals surface area contributed by atoms with E-state index in [9.17, 15) is 0 Å². The Morgan fingerprint density at radius 3 is 2.38 bits per heavy atom. The summed E-state index contributed by atoms with van der Waals surface area (Å²) in [5.74, 6) is 0. The lowest BCUT2D eigenvalue weighted by atomic mass is 9.75. The Morgan fingerprint density at radius 1 is 1.00 bits per heavy atom. The molecule has 0 aliphatic carbocycles. The monoisotopic (exact) mass is 350 g/mol. The normalized spacial score (nSPS) is 21.9. The van der Waals surface area contributed by atoms with Gasteiger partial charge in [0.25, 0.3) is 0 Å². The van der Waals surface area contributed by atoms with Gasteiger partial charge < -0.3 is 14.0 Å². The van der Waals surface area contributed by atoms with Crippen LogP contribution >= 0.6 is 0 Å². The summed E-state index contributed by atoms with van der Waals surface area (Å²) in [7, 11) is -0.337. The molecule has 2 aliphatic rings. The van der Waals surface area contributed by atoms with Crippen LogP contribution in [-0.4, -0.2) is 31.5 Å².